The molecule has 0 spiro atoms. The van der Waals surface area contributed by atoms with Crippen LogP contribution in [-0.4, -0.2) is 102 Å². The molecule has 10 nitrogen and oxygen atoms in total. The molecule has 4 heterocycles. The monoisotopic (exact) mass is 481 g/mol. The number of pyridine rings is 2. The van der Waals surface area contributed by atoms with Crippen LogP contribution in [0.2, 0.25) is 0 Å². The fourth-order valence-electron chi connectivity index (χ4n) is 4.46. The second-order valence-electron chi connectivity index (χ2n) is 8.74. The lowest BCUT2D eigenvalue weighted by Gasteiger charge is -2.34. The zero-order valence-electron chi connectivity index (χ0n) is 21.2. The van der Waals surface area contributed by atoms with Crippen LogP contribution in [0.15, 0.2) is 30.6 Å². The van der Waals surface area contributed by atoms with Crippen LogP contribution in [-0.2, 0) is 7.05 Å². The molecule has 1 aliphatic heterocycles. The average molecular weight is 482 g/mol. The number of carbonyl (C=O) groups excluding carboxylic acids is 1. The van der Waals surface area contributed by atoms with Crippen molar-refractivity contribution in [3.8, 4) is 22.9 Å². The van der Waals surface area contributed by atoms with Crippen LogP contribution in [0.3, 0.4) is 0 Å². The van der Waals surface area contributed by atoms with Gasteiger partial charge in [0.2, 0.25) is 5.88 Å². The fraction of sp³-hybridized carbons (Fsp3) is 0.480. The SMILES string of the molecule is CCN1CCN(CCN(C)C(=O)Nc2cc3cc(-c4c(OC)ccnc4OC)n(C)c3cn2)CC1. The summed E-state index contributed by atoms with van der Waals surface area (Å²) in [7, 11) is 6.98. The highest BCUT2D eigenvalue weighted by molar-refractivity contribution is 5.93. The first kappa shape index (κ1) is 24.7. The molecule has 0 radical (unpaired) electrons. The van der Waals surface area contributed by atoms with Gasteiger partial charge < -0.3 is 23.8 Å². The quantitative estimate of drug-likeness (QED) is 0.529. The summed E-state index contributed by atoms with van der Waals surface area (Å²) >= 11 is 0. The van der Waals surface area contributed by atoms with Crippen LogP contribution in [0.5, 0.6) is 11.6 Å². The number of hydrogen-bond acceptors (Lipinski definition) is 7. The predicted molar refractivity (Wildman–Crippen MR) is 137 cm³/mol. The summed E-state index contributed by atoms with van der Waals surface area (Å²) in [6.45, 7) is 9.09. The summed E-state index contributed by atoms with van der Waals surface area (Å²) in [6.07, 6.45) is 3.41. The van der Waals surface area contributed by atoms with Crippen LogP contribution in [0.1, 0.15) is 6.92 Å². The van der Waals surface area contributed by atoms with Crippen LogP contribution < -0.4 is 14.8 Å². The Morgan fingerprint density at radius 2 is 1.86 bits per heavy atom. The molecule has 1 fully saturated rings. The lowest BCUT2D eigenvalue weighted by Crippen LogP contribution is -2.48. The molecule has 188 valence electrons. The smallest absolute Gasteiger partial charge is 0.322 e. The van der Waals surface area contributed by atoms with Crippen molar-refractivity contribution in [3.05, 3.63) is 30.6 Å². The maximum Gasteiger partial charge on any atom is 0.322 e. The van der Waals surface area contributed by atoms with Crippen LogP contribution >= 0.6 is 0 Å². The first-order chi connectivity index (χ1) is 16.9. The summed E-state index contributed by atoms with van der Waals surface area (Å²) in [5.41, 5.74) is 2.57. The van der Waals surface area contributed by atoms with E-state index in [1.807, 2.05) is 30.8 Å². The van der Waals surface area contributed by atoms with Gasteiger partial charge in [0, 0.05) is 64.9 Å². The average Bonchev–Trinajstić information content (AvgIpc) is 3.21. The topological polar surface area (TPSA) is 88.0 Å². The number of nitrogens with zero attached hydrogens (tertiary/aromatic N) is 6. The minimum absolute atomic E-state index is 0.171. The molecule has 2 amide bonds. The molecule has 0 unspecified atom stereocenters. The number of ether oxygens (including phenoxy) is 2. The molecule has 1 aliphatic rings. The van der Waals surface area contributed by atoms with E-state index in [1.54, 1.807) is 37.6 Å². The minimum atomic E-state index is -0.171. The standard InChI is InChI=1S/C25H35N7O3/c1-6-31-11-13-32(14-12-31)10-9-29(2)25(33)28-22-16-18-15-19(30(3)20(18)17-27-22)23-21(34-4)7-8-26-24(23)35-5/h7-8,15-17H,6,9-14H2,1-5H3,(H,27,28,33). The molecule has 0 atom stereocenters. The molecule has 0 bridgehead atoms. The minimum Gasteiger partial charge on any atom is -0.496 e. The van der Waals surface area contributed by atoms with Crippen molar-refractivity contribution in [1.29, 1.82) is 0 Å². The number of rotatable bonds is 8. The Morgan fingerprint density at radius 3 is 2.54 bits per heavy atom. The van der Waals surface area contributed by atoms with Crippen molar-refractivity contribution < 1.29 is 14.3 Å². The first-order valence-electron chi connectivity index (χ1n) is 11.9. The molecule has 1 saturated heterocycles. The van der Waals surface area contributed by atoms with Gasteiger partial charge >= 0.3 is 6.03 Å². The summed E-state index contributed by atoms with van der Waals surface area (Å²) in [5, 5.41) is 3.87. The molecule has 0 saturated carbocycles. The maximum absolute atomic E-state index is 12.8. The van der Waals surface area contributed by atoms with E-state index >= 15 is 0 Å². The van der Waals surface area contributed by atoms with Gasteiger partial charge in [-0.25, -0.2) is 14.8 Å². The third-order valence-corrected chi connectivity index (χ3v) is 6.72. The molecular weight excluding hydrogens is 446 g/mol. The number of aryl methyl sites for hydroxylation is 1. The largest absolute Gasteiger partial charge is 0.496 e. The highest BCUT2D eigenvalue weighted by Crippen LogP contribution is 2.39. The molecular formula is C25H35N7O3. The van der Waals surface area contributed by atoms with Gasteiger partial charge in [0.15, 0.2) is 0 Å². The summed E-state index contributed by atoms with van der Waals surface area (Å²) in [4.78, 5) is 28.2. The van der Waals surface area contributed by atoms with E-state index in [-0.39, 0.29) is 6.03 Å². The van der Waals surface area contributed by atoms with Crippen molar-refractivity contribution in [2.45, 2.75) is 6.92 Å². The lowest BCUT2D eigenvalue weighted by molar-refractivity contribution is 0.129. The molecule has 4 rings (SSSR count). The number of hydrogen-bond donors (Lipinski definition) is 1. The Labute approximate surface area is 206 Å². The number of methoxy groups -OCH3 is 2. The number of aromatic nitrogens is 3. The van der Waals surface area contributed by atoms with Crippen LogP contribution in [0.25, 0.3) is 22.2 Å². The molecule has 35 heavy (non-hydrogen) atoms. The van der Waals surface area contributed by atoms with Crippen molar-refractivity contribution in [1.82, 2.24) is 29.2 Å². The van der Waals surface area contributed by atoms with Crippen molar-refractivity contribution in [2.24, 2.45) is 7.05 Å². The maximum atomic E-state index is 12.8. The second kappa shape index (κ2) is 10.9. The van der Waals surface area contributed by atoms with Gasteiger partial charge in [0.05, 0.1) is 31.6 Å². The van der Waals surface area contributed by atoms with Gasteiger partial charge in [-0.2, -0.15) is 0 Å². The van der Waals surface area contributed by atoms with E-state index in [2.05, 4.69) is 32.0 Å². The van der Waals surface area contributed by atoms with E-state index in [0.29, 0.717) is 24.0 Å². The number of urea groups is 1. The number of nitrogens with one attached hydrogen (secondary N) is 1. The van der Waals surface area contributed by atoms with Crippen LogP contribution in [0, 0.1) is 0 Å². The van der Waals surface area contributed by atoms with Gasteiger partial charge in [0.1, 0.15) is 17.1 Å². The van der Waals surface area contributed by atoms with E-state index < -0.39 is 0 Å². The number of likely N-dealkylation sites (N-methyl/N-ethyl adjacent to an activating group) is 2. The van der Waals surface area contributed by atoms with Crippen LogP contribution in [0.4, 0.5) is 10.6 Å². The fourth-order valence-corrected chi connectivity index (χ4v) is 4.46. The second-order valence-corrected chi connectivity index (χ2v) is 8.74. The third-order valence-electron chi connectivity index (χ3n) is 6.72. The van der Waals surface area contributed by atoms with E-state index in [4.69, 9.17) is 9.47 Å². The van der Waals surface area contributed by atoms with Crippen molar-refractivity contribution in [2.75, 3.05) is 72.4 Å². The van der Waals surface area contributed by atoms with E-state index in [1.165, 1.54) is 0 Å². The van der Waals surface area contributed by atoms with Crippen molar-refractivity contribution >= 4 is 22.8 Å². The molecule has 10 heteroatoms. The lowest BCUT2D eigenvalue weighted by atomic mass is 10.1. The van der Waals surface area contributed by atoms with Gasteiger partial charge in [-0.15, -0.1) is 0 Å². The Kier molecular flexibility index (Phi) is 7.72. The zero-order valence-corrected chi connectivity index (χ0v) is 21.2. The Balaban J connectivity index is 1.45. The molecule has 1 N–H and O–H groups in total. The Morgan fingerprint density at radius 1 is 1.11 bits per heavy atom. The van der Waals surface area contributed by atoms with Gasteiger partial charge in [-0.05, 0) is 24.7 Å². The van der Waals surface area contributed by atoms with Gasteiger partial charge in [0.25, 0.3) is 0 Å². The number of carbonyl (C=O) groups is 1. The predicted octanol–water partition coefficient (Wildman–Crippen LogP) is 2.75. The number of anilines is 1. The van der Waals surface area contributed by atoms with Gasteiger partial charge in [-0.1, -0.05) is 6.92 Å². The normalized spacial score (nSPS) is 14.8. The molecule has 0 aliphatic carbocycles. The molecule has 3 aromatic heterocycles. The molecule has 0 aromatic carbocycles. The highest BCUT2D eigenvalue weighted by Gasteiger charge is 2.20. The van der Waals surface area contributed by atoms with Crippen molar-refractivity contribution in [3.63, 3.8) is 0 Å². The summed E-state index contributed by atoms with van der Waals surface area (Å²) in [5.74, 6) is 1.66. The third kappa shape index (κ3) is 5.33. The number of piperazine rings is 1. The Hall–Kier alpha value is -3.37. The van der Waals surface area contributed by atoms with Gasteiger partial charge in [-0.3, -0.25) is 10.2 Å². The number of fused-ring (bicyclic) bond motifs is 1. The van der Waals surface area contributed by atoms with E-state index in [0.717, 1.165) is 61.4 Å². The number of amides is 2. The summed E-state index contributed by atoms with van der Waals surface area (Å²) in [6, 6.07) is 5.54. The summed E-state index contributed by atoms with van der Waals surface area (Å²) < 4.78 is 13.1. The Bertz CT molecular complexity index is 1150. The highest BCUT2D eigenvalue weighted by atomic mass is 16.5. The zero-order chi connectivity index (χ0) is 24.9. The van der Waals surface area contributed by atoms with E-state index in [9.17, 15) is 4.79 Å². The first-order valence-corrected chi connectivity index (χ1v) is 11.9. The molecule has 3 aromatic rings.